The fourth-order valence-corrected chi connectivity index (χ4v) is 6.39. The summed E-state index contributed by atoms with van der Waals surface area (Å²) in [5, 5.41) is 0. The zero-order valence-electron chi connectivity index (χ0n) is 21.4. The first-order valence-electron chi connectivity index (χ1n) is 12.2. The van der Waals surface area contributed by atoms with E-state index in [0.717, 1.165) is 16.9 Å². The highest BCUT2D eigenvalue weighted by Gasteiger charge is 2.29. The predicted molar refractivity (Wildman–Crippen MR) is 144 cm³/mol. The second-order valence-corrected chi connectivity index (χ2v) is 11.7. The van der Waals surface area contributed by atoms with Gasteiger partial charge >= 0.3 is 11.9 Å². The molecule has 0 radical (unpaired) electrons. The summed E-state index contributed by atoms with van der Waals surface area (Å²) in [7, 11) is -4.13. The molecule has 0 spiro atoms. The topological polar surface area (TPSA) is 141 Å². The van der Waals surface area contributed by atoms with Gasteiger partial charge in [-0.05, 0) is 50.1 Å². The van der Waals surface area contributed by atoms with Gasteiger partial charge in [0.15, 0.2) is 14.6 Å². The highest BCUT2D eigenvalue weighted by atomic mass is 32.2. The van der Waals surface area contributed by atoms with Crippen LogP contribution in [0.3, 0.4) is 0 Å². The van der Waals surface area contributed by atoms with E-state index in [1.54, 1.807) is 38.1 Å². The van der Waals surface area contributed by atoms with Gasteiger partial charge in [0, 0.05) is 12.2 Å². The number of hydrogen-bond acceptors (Lipinski definition) is 9. The monoisotopic (exact) mass is 573 g/mol. The molecule has 1 aromatic heterocycles. The molecule has 0 atom stereocenters. The smallest absolute Gasteiger partial charge is 0.338 e. The number of fused-ring (bicyclic) bond motifs is 2. The minimum Gasteiger partial charge on any atom is -0.465 e. The van der Waals surface area contributed by atoms with Crippen molar-refractivity contribution in [2.75, 3.05) is 36.2 Å². The van der Waals surface area contributed by atoms with Crippen molar-refractivity contribution in [2.45, 2.75) is 26.8 Å². The molecule has 0 saturated carbocycles. The first-order chi connectivity index (χ1) is 18.6. The summed E-state index contributed by atoms with van der Waals surface area (Å²) in [6.07, 6.45) is 0.626. The lowest BCUT2D eigenvalue weighted by Gasteiger charge is -2.17. The van der Waals surface area contributed by atoms with Gasteiger partial charge in [0.2, 0.25) is 5.91 Å². The molecule has 0 bridgehead atoms. The normalized spacial score (nSPS) is 13.4. The number of hydrogen-bond donors (Lipinski definition) is 0. The van der Waals surface area contributed by atoms with Crippen LogP contribution in [0.1, 0.15) is 29.8 Å². The van der Waals surface area contributed by atoms with E-state index in [4.69, 9.17) is 9.47 Å². The number of rotatable bonds is 9. The van der Waals surface area contributed by atoms with Crippen LogP contribution >= 0.6 is 11.3 Å². The number of para-hydroxylation sites is 1. The lowest BCUT2D eigenvalue weighted by molar-refractivity contribution is -0.143. The molecule has 2 amide bonds. The summed E-state index contributed by atoms with van der Waals surface area (Å²) < 4.78 is 37.5. The minimum atomic E-state index is -4.13. The number of sulfone groups is 1. The fourth-order valence-electron chi connectivity index (χ4n) is 4.23. The second-order valence-electron chi connectivity index (χ2n) is 8.64. The van der Waals surface area contributed by atoms with Crippen LogP contribution in [0.5, 0.6) is 0 Å². The molecule has 206 valence electrons. The molecule has 0 fully saturated rings. The van der Waals surface area contributed by atoms with Crippen LogP contribution in [-0.4, -0.2) is 68.0 Å². The Morgan fingerprint density at radius 2 is 1.74 bits per heavy atom. The van der Waals surface area contributed by atoms with Crippen LogP contribution in [0.4, 0.5) is 5.69 Å². The summed E-state index contributed by atoms with van der Waals surface area (Å²) in [5.41, 5.74) is 2.40. The van der Waals surface area contributed by atoms with Gasteiger partial charge in [-0.25, -0.2) is 13.2 Å². The Kier molecular flexibility index (Phi) is 8.60. The SMILES string of the molecule is CCOC(=O)Cn1c(=NC(=O)CS(=O)(=O)CC(=O)N2CCc3ccccc32)sc2cc(C(=O)OCC)ccc21. The molecule has 11 nitrogen and oxygen atoms in total. The number of aromatic nitrogens is 1. The van der Waals surface area contributed by atoms with Crippen LogP contribution in [0, 0.1) is 0 Å². The summed E-state index contributed by atoms with van der Waals surface area (Å²) in [6, 6.07) is 11.9. The number of anilines is 1. The van der Waals surface area contributed by atoms with Crippen molar-refractivity contribution in [3.05, 3.63) is 58.4 Å². The largest absolute Gasteiger partial charge is 0.465 e. The van der Waals surface area contributed by atoms with Gasteiger partial charge in [0.05, 0.1) is 29.0 Å². The number of amides is 2. The number of ether oxygens (including phenoxy) is 2. The Bertz CT molecular complexity index is 1620. The van der Waals surface area contributed by atoms with Gasteiger partial charge in [0.25, 0.3) is 5.91 Å². The number of esters is 2. The van der Waals surface area contributed by atoms with Crippen molar-refractivity contribution in [3.8, 4) is 0 Å². The van der Waals surface area contributed by atoms with E-state index in [2.05, 4.69) is 4.99 Å². The summed E-state index contributed by atoms with van der Waals surface area (Å²) in [6.45, 7) is 3.77. The van der Waals surface area contributed by atoms with Gasteiger partial charge in [-0.2, -0.15) is 4.99 Å². The lowest BCUT2D eigenvalue weighted by atomic mass is 10.2. The van der Waals surface area contributed by atoms with Crippen molar-refractivity contribution in [3.63, 3.8) is 0 Å². The van der Waals surface area contributed by atoms with E-state index in [-0.39, 0.29) is 30.1 Å². The zero-order chi connectivity index (χ0) is 28.2. The molecule has 2 aromatic carbocycles. The van der Waals surface area contributed by atoms with Crippen molar-refractivity contribution in [2.24, 2.45) is 4.99 Å². The molecule has 1 aliphatic heterocycles. The van der Waals surface area contributed by atoms with Gasteiger partial charge < -0.3 is 18.9 Å². The van der Waals surface area contributed by atoms with Crippen molar-refractivity contribution in [1.29, 1.82) is 0 Å². The number of nitrogens with zero attached hydrogens (tertiary/aromatic N) is 3. The summed E-state index contributed by atoms with van der Waals surface area (Å²) in [4.78, 5) is 55.3. The molecular formula is C26H27N3O8S2. The van der Waals surface area contributed by atoms with Crippen molar-refractivity contribution < 1.29 is 37.1 Å². The molecule has 4 rings (SSSR count). The second kappa shape index (κ2) is 11.9. The van der Waals surface area contributed by atoms with Crippen molar-refractivity contribution >= 4 is 60.8 Å². The fraction of sp³-hybridized carbons (Fsp3) is 0.346. The maximum Gasteiger partial charge on any atom is 0.338 e. The highest BCUT2D eigenvalue weighted by Crippen LogP contribution is 2.27. The van der Waals surface area contributed by atoms with E-state index in [9.17, 15) is 27.6 Å². The van der Waals surface area contributed by atoms with Crippen LogP contribution in [0.2, 0.25) is 0 Å². The Balaban J connectivity index is 1.59. The predicted octanol–water partition coefficient (Wildman–Crippen LogP) is 1.87. The van der Waals surface area contributed by atoms with Gasteiger partial charge in [-0.3, -0.25) is 14.4 Å². The number of benzene rings is 2. The molecular weight excluding hydrogens is 546 g/mol. The minimum absolute atomic E-state index is 0.0547. The maximum atomic E-state index is 12.8. The Morgan fingerprint density at radius 1 is 1.00 bits per heavy atom. The molecule has 0 unspecified atom stereocenters. The lowest BCUT2D eigenvalue weighted by Crippen LogP contribution is -2.36. The van der Waals surface area contributed by atoms with Crippen LogP contribution < -0.4 is 9.70 Å². The molecule has 3 aromatic rings. The number of carbonyl (C=O) groups excluding carboxylic acids is 4. The Labute approximate surface area is 228 Å². The molecule has 0 N–H and O–H groups in total. The third-order valence-electron chi connectivity index (χ3n) is 5.88. The average molecular weight is 574 g/mol. The highest BCUT2D eigenvalue weighted by molar-refractivity contribution is 7.92. The standard InChI is InChI=1S/C26H27N3O8S2/c1-3-36-24(32)14-29-20-10-9-18(25(33)37-4-2)13-21(20)38-26(29)27-22(30)15-39(34,35)16-23(31)28-12-11-17-7-5-6-8-19(17)28/h5-10,13H,3-4,11-12,14-16H2,1-2H3. The van der Waals surface area contributed by atoms with Crippen LogP contribution in [0.15, 0.2) is 47.5 Å². The van der Waals surface area contributed by atoms with E-state index < -0.39 is 45.1 Å². The molecule has 2 heterocycles. The molecule has 13 heteroatoms. The van der Waals surface area contributed by atoms with Crippen LogP contribution in [0.25, 0.3) is 10.2 Å². The Hall–Kier alpha value is -3.84. The molecule has 0 saturated heterocycles. The summed E-state index contributed by atoms with van der Waals surface area (Å²) >= 11 is 1.00. The Morgan fingerprint density at radius 3 is 2.49 bits per heavy atom. The number of carbonyl (C=O) groups is 4. The van der Waals surface area contributed by atoms with E-state index in [1.807, 2.05) is 12.1 Å². The third-order valence-corrected chi connectivity index (χ3v) is 8.30. The van der Waals surface area contributed by atoms with Gasteiger partial charge in [0.1, 0.15) is 18.1 Å². The quantitative estimate of drug-likeness (QED) is 0.353. The van der Waals surface area contributed by atoms with Crippen LogP contribution in [-0.2, 0) is 46.7 Å². The van der Waals surface area contributed by atoms with Crippen molar-refractivity contribution in [1.82, 2.24) is 4.57 Å². The zero-order valence-corrected chi connectivity index (χ0v) is 23.0. The summed E-state index contributed by atoms with van der Waals surface area (Å²) in [5.74, 6) is -4.52. The van der Waals surface area contributed by atoms with E-state index >= 15 is 0 Å². The average Bonchev–Trinajstić information content (AvgIpc) is 3.45. The maximum absolute atomic E-state index is 12.8. The first kappa shape index (κ1) is 28.2. The van der Waals surface area contributed by atoms with Gasteiger partial charge in [-0.15, -0.1) is 0 Å². The molecule has 0 aliphatic carbocycles. The molecule has 39 heavy (non-hydrogen) atoms. The molecule has 1 aliphatic rings. The van der Waals surface area contributed by atoms with Gasteiger partial charge in [-0.1, -0.05) is 29.5 Å². The first-order valence-corrected chi connectivity index (χ1v) is 14.9. The third kappa shape index (κ3) is 6.60. The number of thiazole rings is 1. The van der Waals surface area contributed by atoms with E-state index in [0.29, 0.717) is 28.9 Å². The van der Waals surface area contributed by atoms with E-state index in [1.165, 1.54) is 15.5 Å².